The molecule has 1 aliphatic rings. The van der Waals surface area contributed by atoms with Gasteiger partial charge in [-0.15, -0.1) is 0 Å². The van der Waals surface area contributed by atoms with Crippen LogP contribution >= 0.6 is 0 Å². The monoisotopic (exact) mass is 343 g/mol. The van der Waals surface area contributed by atoms with Gasteiger partial charge < -0.3 is 9.64 Å². The molecule has 0 bridgehead atoms. The third-order valence-electron chi connectivity index (χ3n) is 4.39. The van der Waals surface area contributed by atoms with Crippen LogP contribution in [0.5, 0.6) is 5.75 Å². The highest BCUT2D eigenvalue weighted by molar-refractivity contribution is 6.52. The largest absolute Gasteiger partial charge is 0.489 e. The maximum atomic E-state index is 12.2. The molecule has 3 aromatic rings. The molecule has 0 aromatic heterocycles. The minimum atomic E-state index is -0.476. The highest BCUT2D eigenvalue weighted by Gasteiger charge is 2.35. The highest BCUT2D eigenvalue weighted by Crippen LogP contribution is 2.30. The lowest BCUT2D eigenvalue weighted by molar-refractivity contribution is -0.114. The first-order valence-electron chi connectivity index (χ1n) is 8.43. The van der Waals surface area contributed by atoms with E-state index in [4.69, 9.17) is 4.74 Å². The van der Waals surface area contributed by atoms with Gasteiger partial charge in [0.25, 0.3) is 11.7 Å². The second-order valence-electron chi connectivity index (χ2n) is 6.16. The topological polar surface area (TPSA) is 46.6 Å². The number of ketones is 1. The molecule has 0 N–H and O–H groups in total. The fraction of sp³-hybridized carbons (Fsp3) is 0.0909. The van der Waals surface area contributed by atoms with Crippen LogP contribution in [-0.4, -0.2) is 11.7 Å². The van der Waals surface area contributed by atoms with Crippen LogP contribution in [0.3, 0.4) is 0 Å². The summed E-state index contributed by atoms with van der Waals surface area (Å²) in [6.07, 6.45) is 0. The number of hydrogen-bond acceptors (Lipinski definition) is 3. The van der Waals surface area contributed by atoms with Gasteiger partial charge in [-0.1, -0.05) is 54.6 Å². The molecule has 4 heteroatoms. The Morgan fingerprint density at radius 1 is 0.731 bits per heavy atom. The number of rotatable bonds is 5. The first-order chi connectivity index (χ1) is 12.7. The van der Waals surface area contributed by atoms with Crippen LogP contribution < -0.4 is 9.64 Å². The molecule has 0 unspecified atom stereocenters. The van der Waals surface area contributed by atoms with Crippen molar-refractivity contribution in [1.29, 1.82) is 0 Å². The summed E-state index contributed by atoms with van der Waals surface area (Å²) in [5.41, 5.74) is 3.19. The molecule has 0 saturated heterocycles. The Morgan fingerprint density at radius 3 is 2.19 bits per heavy atom. The average molecular weight is 343 g/mol. The van der Waals surface area contributed by atoms with Crippen molar-refractivity contribution in [1.82, 2.24) is 0 Å². The highest BCUT2D eigenvalue weighted by atomic mass is 16.5. The molecule has 128 valence electrons. The van der Waals surface area contributed by atoms with Gasteiger partial charge in [0.2, 0.25) is 0 Å². The molecule has 1 aliphatic heterocycles. The number of nitrogens with zero attached hydrogens (tertiary/aromatic N) is 1. The lowest BCUT2D eigenvalue weighted by Crippen LogP contribution is -2.29. The Bertz CT molecular complexity index is 949. The summed E-state index contributed by atoms with van der Waals surface area (Å²) in [5.74, 6) is -0.152. The number of para-hydroxylation sites is 1. The number of fused-ring (bicyclic) bond motifs is 1. The molecule has 0 saturated carbocycles. The molecule has 1 heterocycles. The summed E-state index contributed by atoms with van der Waals surface area (Å²) in [4.78, 5) is 25.8. The molecular weight excluding hydrogens is 326 g/mol. The van der Waals surface area contributed by atoms with E-state index in [1.165, 1.54) is 4.90 Å². The van der Waals surface area contributed by atoms with Gasteiger partial charge in [-0.05, 0) is 35.4 Å². The first kappa shape index (κ1) is 16.1. The van der Waals surface area contributed by atoms with Crippen molar-refractivity contribution in [2.45, 2.75) is 13.2 Å². The summed E-state index contributed by atoms with van der Waals surface area (Å²) in [5, 5.41) is 0. The van der Waals surface area contributed by atoms with E-state index >= 15 is 0 Å². The fourth-order valence-electron chi connectivity index (χ4n) is 3.02. The van der Waals surface area contributed by atoms with Crippen molar-refractivity contribution >= 4 is 17.4 Å². The molecule has 26 heavy (non-hydrogen) atoms. The number of carbonyl (C=O) groups is 2. The van der Waals surface area contributed by atoms with E-state index in [1.54, 1.807) is 18.2 Å². The van der Waals surface area contributed by atoms with Gasteiger partial charge in [-0.25, -0.2) is 0 Å². The summed E-state index contributed by atoms with van der Waals surface area (Å²) >= 11 is 0. The van der Waals surface area contributed by atoms with E-state index in [0.29, 0.717) is 24.4 Å². The Balaban J connectivity index is 1.45. The first-order valence-corrected chi connectivity index (χ1v) is 8.43. The molecule has 0 aliphatic carbocycles. The van der Waals surface area contributed by atoms with Crippen molar-refractivity contribution in [3.05, 3.63) is 95.6 Å². The minimum Gasteiger partial charge on any atom is -0.489 e. The third kappa shape index (κ3) is 3.09. The maximum absolute atomic E-state index is 12.2. The van der Waals surface area contributed by atoms with E-state index in [1.807, 2.05) is 60.7 Å². The molecule has 4 nitrogen and oxygen atoms in total. The van der Waals surface area contributed by atoms with E-state index in [-0.39, 0.29) is 0 Å². The van der Waals surface area contributed by atoms with Crippen LogP contribution in [0.15, 0.2) is 78.9 Å². The summed E-state index contributed by atoms with van der Waals surface area (Å²) in [6.45, 7) is 0.868. The van der Waals surface area contributed by atoms with Crippen LogP contribution in [0.2, 0.25) is 0 Å². The van der Waals surface area contributed by atoms with Gasteiger partial charge in [0.05, 0.1) is 17.8 Å². The molecule has 0 fully saturated rings. The normalized spacial score (nSPS) is 13.0. The smallest absolute Gasteiger partial charge is 0.299 e. The molecule has 4 rings (SSSR count). The van der Waals surface area contributed by atoms with Gasteiger partial charge in [0, 0.05) is 0 Å². The van der Waals surface area contributed by atoms with Crippen molar-refractivity contribution in [2.75, 3.05) is 4.90 Å². The Hall–Kier alpha value is -3.40. The standard InChI is InChI=1S/C22H17NO3/c24-21-19-8-4-5-9-20(19)23(22(21)25)14-16-10-12-18(13-11-16)26-15-17-6-2-1-3-7-17/h1-13H,14-15H2. The number of ether oxygens (including phenoxy) is 1. The molecule has 1 amide bonds. The van der Waals surface area contributed by atoms with Crippen LogP contribution in [-0.2, 0) is 17.9 Å². The maximum Gasteiger partial charge on any atom is 0.299 e. The van der Waals surface area contributed by atoms with Crippen molar-refractivity contribution < 1.29 is 14.3 Å². The number of hydrogen-bond donors (Lipinski definition) is 0. The van der Waals surface area contributed by atoms with Gasteiger partial charge in [-0.2, -0.15) is 0 Å². The van der Waals surface area contributed by atoms with Crippen LogP contribution in [0, 0.1) is 0 Å². The zero-order chi connectivity index (χ0) is 17.9. The minimum absolute atomic E-state index is 0.362. The predicted molar refractivity (Wildman–Crippen MR) is 99.2 cm³/mol. The van der Waals surface area contributed by atoms with Gasteiger partial charge in [0.1, 0.15) is 12.4 Å². The quantitative estimate of drug-likeness (QED) is 0.658. The number of benzene rings is 3. The second-order valence-corrected chi connectivity index (χ2v) is 6.16. The van der Waals surface area contributed by atoms with Crippen molar-refractivity contribution in [3.8, 4) is 5.75 Å². The predicted octanol–water partition coefficient (Wildman–Crippen LogP) is 4.00. The SMILES string of the molecule is O=C1C(=O)N(Cc2ccc(OCc3ccccc3)cc2)c2ccccc21. The van der Waals surface area contributed by atoms with E-state index in [0.717, 1.165) is 16.9 Å². The number of Topliss-reactive ketones (excluding diaryl/α,β-unsaturated/α-hetero) is 1. The van der Waals surface area contributed by atoms with E-state index < -0.39 is 11.7 Å². The lowest BCUT2D eigenvalue weighted by Gasteiger charge is -2.16. The molecule has 0 atom stereocenters. The Morgan fingerprint density at radius 2 is 1.42 bits per heavy atom. The number of carbonyl (C=O) groups excluding carboxylic acids is 2. The number of anilines is 1. The van der Waals surface area contributed by atoms with Crippen molar-refractivity contribution in [2.24, 2.45) is 0 Å². The fourth-order valence-corrected chi connectivity index (χ4v) is 3.02. The third-order valence-corrected chi connectivity index (χ3v) is 4.39. The molecule has 0 spiro atoms. The number of amides is 1. The summed E-state index contributed by atoms with van der Waals surface area (Å²) < 4.78 is 5.78. The van der Waals surface area contributed by atoms with E-state index in [2.05, 4.69) is 0 Å². The van der Waals surface area contributed by atoms with Crippen LogP contribution in [0.4, 0.5) is 5.69 Å². The summed E-state index contributed by atoms with van der Waals surface area (Å²) in [6, 6.07) is 24.7. The van der Waals surface area contributed by atoms with Crippen molar-refractivity contribution in [3.63, 3.8) is 0 Å². The van der Waals surface area contributed by atoms with Crippen LogP contribution in [0.1, 0.15) is 21.5 Å². The van der Waals surface area contributed by atoms with Crippen LogP contribution in [0.25, 0.3) is 0 Å². The van der Waals surface area contributed by atoms with E-state index in [9.17, 15) is 9.59 Å². The Labute approximate surface area is 151 Å². The Kier molecular flexibility index (Phi) is 4.23. The zero-order valence-corrected chi connectivity index (χ0v) is 14.1. The molecular formula is C22H17NO3. The zero-order valence-electron chi connectivity index (χ0n) is 14.1. The summed E-state index contributed by atoms with van der Waals surface area (Å²) in [7, 11) is 0. The average Bonchev–Trinajstić information content (AvgIpc) is 2.93. The van der Waals surface area contributed by atoms with Gasteiger partial charge in [0.15, 0.2) is 0 Å². The second kappa shape index (κ2) is 6.84. The molecule has 0 radical (unpaired) electrons. The van der Waals surface area contributed by atoms with Gasteiger partial charge in [-0.3, -0.25) is 9.59 Å². The lowest BCUT2D eigenvalue weighted by atomic mass is 10.1. The van der Waals surface area contributed by atoms with Gasteiger partial charge >= 0.3 is 0 Å². The molecule has 3 aromatic carbocycles.